The summed E-state index contributed by atoms with van der Waals surface area (Å²) in [6.07, 6.45) is 2.07. The summed E-state index contributed by atoms with van der Waals surface area (Å²) < 4.78 is 5.52. The normalized spacial score (nSPS) is 19.4. The Morgan fingerprint density at radius 1 is 1.29 bits per heavy atom. The zero-order valence-electron chi connectivity index (χ0n) is 15.9. The van der Waals surface area contributed by atoms with Gasteiger partial charge in [0.15, 0.2) is 5.78 Å². The SMILES string of the molecule is CCSCCOC(=O)C1=C(C)NC2=C(C(=O)CCC2)[C@@H]1c1ccc(Cl)c(Cl)c1. The van der Waals surface area contributed by atoms with Crippen LogP contribution in [0.3, 0.4) is 0 Å². The Labute approximate surface area is 179 Å². The highest BCUT2D eigenvalue weighted by atomic mass is 35.5. The van der Waals surface area contributed by atoms with Gasteiger partial charge in [-0.25, -0.2) is 4.79 Å². The number of ketones is 1. The Bertz CT molecular complexity index is 863. The molecule has 0 spiro atoms. The van der Waals surface area contributed by atoms with Crippen LogP contribution in [-0.2, 0) is 14.3 Å². The molecule has 28 heavy (non-hydrogen) atoms. The number of hydrogen-bond donors (Lipinski definition) is 1. The Morgan fingerprint density at radius 3 is 2.79 bits per heavy atom. The van der Waals surface area contributed by atoms with Crippen molar-refractivity contribution in [2.24, 2.45) is 0 Å². The summed E-state index contributed by atoms with van der Waals surface area (Å²) in [5, 5.41) is 4.11. The van der Waals surface area contributed by atoms with E-state index in [2.05, 4.69) is 12.2 Å². The first-order valence-corrected chi connectivity index (χ1v) is 11.3. The van der Waals surface area contributed by atoms with Gasteiger partial charge in [0, 0.05) is 35.1 Å². The standard InChI is InChI=1S/C21H23Cl2NO3S/c1-3-28-10-9-27-21(26)18-12(2)24-16-5-4-6-17(25)20(16)19(18)13-7-8-14(22)15(23)11-13/h7-8,11,19,24H,3-6,9-10H2,1-2H3/t19-/m1/s1. The highest BCUT2D eigenvalue weighted by Gasteiger charge is 2.39. The van der Waals surface area contributed by atoms with Crippen LogP contribution in [0, 0.1) is 0 Å². The van der Waals surface area contributed by atoms with Crippen molar-refractivity contribution in [3.63, 3.8) is 0 Å². The third kappa shape index (κ3) is 4.42. The molecule has 0 aromatic heterocycles. The third-order valence-corrected chi connectivity index (χ3v) is 6.54. The molecule has 1 atom stereocenters. The van der Waals surface area contributed by atoms with Gasteiger partial charge in [-0.1, -0.05) is 36.2 Å². The summed E-state index contributed by atoms with van der Waals surface area (Å²) in [5.74, 6) is 0.876. The fraction of sp³-hybridized carbons (Fsp3) is 0.429. The largest absolute Gasteiger partial charge is 0.461 e. The quantitative estimate of drug-likeness (QED) is 0.483. The van der Waals surface area contributed by atoms with Crippen molar-refractivity contribution in [1.29, 1.82) is 0 Å². The zero-order valence-corrected chi connectivity index (χ0v) is 18.3. The van der Waals surface area contributed by atoms with Crippen LogP contribution in [0.15, 0.2) is 40.7 Å². The first kappa shape index (κ1) is 21.3. The maximum absolute atomic E-state index is 13.0. The van der Waals surface area contributed by atoms with Crippen molar-refractivity contribution >= 4 is 46.7 Å². The number of rotatable bonds is 6. The second kappa shape index (κ2) is 9.38. The predicted molar refractivity (Wildman–Crippen MR) is 115 cm³/mol. The van der Waals surface area contributed by atoms with Crippen molar-refractivity contribution in [3.8, 4) is 0 Å². The van der Waals surface area contributed by atoms with E-state index in [1.165, 1.54) is 0 Å². The Morgan fingerprint density at radius 2 is 2.07 bits per heavy atom. The maximum Gasteiger partial charge on any atom is 0.336 e. The fourth-order valence-electron chi connectivity index (χ4n) is 3.69. The number of carbonyl (C=O) groups excluding carboxylic acids is 2. The first-order valence-electron chi connectivity index (χ1n) is 9.37. The summed E-state index contributed by atoms with van der Waals surface area (Å²) in [5.41, 5.74) is 3.49. The molecule has 0 bridgehead atoms. The van der Waals surface area contributed by atoms with E-state index in [0.29, 0.717) is 34.2 Å². The van der Waals surface area contributed by atoms with Gasteiger partial charge in [0.05, 0.1) is 15.6 Å². The fourth-order valence-corrected chi connectivity index (χ4v) is 4.49. The molecule has 1 N–H and O–H groups in total. The highest BCUT2D eigenvalue weighted by molar-refractivity contribution is 7.99. The molecule has 1 heterocycles. The van der Waals surface area contributed by atoms with Gasteiger partial charge in [-0.15, -0.1) is 0 Å². The minimum atomic E-state index is -0.495. The lowest BCUT2D eigenvalue weighted by molar-refractivity contribution is -0.138. The number of ether oxygens (including phenoxy) is 1. The number of allylic oxidation sites excluding steroid dienone is 3. The van der Waals surface area contributed by atoms with Crippen LogP contribution in [0.2, 0.25) is 10.0 Å². The van der Waals surface area contributed by atoms with Gasteiger partial charge < -0.3 is 10.1 Å². The van der Waals surface area contributed by atoms with Gasteiger partial charge in [-0.2, -0.15) is 11.8 Å². The van der Waals surface area contributed by atoms with Crippen LogP contribution >= 0.6 is 35.0 Å². The third-order valence-electron chi connectivity index (χ3n) is 4.94. The van der Waals surface area contributed by atoms with Crippen LogP contribution in [-0.4, -0.2) is 29.9 Å². The summed E-state index contributed by atoms with van der Waals surface area (Å²) in [7, 11) is 0. The molecular formula is C21H23Cl2NO3S. The Hall–Kier alpha value is -1.43. The molecule has 1 aromatic rings. The number of dihydropyridines is 1. The molecular weight excluding hydrogens is 417 g/mol. The summed E-state index contributed by atoms with van der Waals surface area (Å²) in [4.78, 5) is 25.8. The lowest BCUT2D eigenvalue weighted by atomic mass is 9.75. The van der Waals surface area contributed by atoms with Gasteiger partial charge in [-0.3, -0.25) is 4.79 Å². The number of benzene rings is 1. The highest BCUT2D eigenvalue weighted by Crippen LogP contribution is 2.43. The topological polar surface area (TPSA) is 55.4 Å². The van der Waals surface area contributed by atoms with E-state index in [1.54, 1.807) is 23.9 Å². The molecule has 3 rings (SSSR count). The average Bonchev–Trinajstić information content (AvgIpc) is 2.66. The van der Waals surface area contributed by atoms with Crippen molar-refractivity contribution in [2.45, 2.75) is 39.0 Å². The molecule has 0 saturated carbocycles. The molecule has 1 aromatic carbocycles. The van der Waals surface area contributed by atoms with E-state index in [1.807, 2.05) is 13.0 Å². The van der Waals surface area contributed by atoms with E-state index in [4.69, 9.17) is 27.9 Å². The van der Waals surface area contributed by atoms with E-state index >= 15 is 0 Å². The predicted octanol–water partition coefficient (Wildman–Crippen LogP) is 5.26. The van der Waals surface area contributed by atoms with Crippen LogP contribution in [0.1, 0.15) is 44.6 Å². The van der Waals surface area contributed by atoms with Crippen LogP contribution in [0.5, 0.6) is 0 Å². The van der Waals surface area contributed by atoms with Crippen LogP contribution in [0.4, 0.5) is 0 Å². The lowest BCUT2D eigenvalue weighted by Crippen LogP contribution is -2.34. The molecule has 0 radical (unpaired) electrons. The van der Waals surface area contributed by atoms with Gasteiger partial charge in [0.2, 0.25) is 0 Å². The first-order chi connectivity index (χ1) is 13.4. The summed E-state index contributed by atoms with van der Waals surface area (Å²) in [6.45, 7) is 4.25. The molecule has 0 unspecified atom stereocenters. The Balaban J connectivity index is 2.01. The van der Waals surface area contributed by atoms with Gasteiger partial charge >= 0.3 is 5.97 Å². The number of carbonyl (C=O) groups is 2. The molecule has 150 valence electrons. The van der Waals surface area contributed by atoms with Crippen molar-refractivity contribution < 1.29 is 14.3 Å². The number of thioether (sulfide) groups is 1. The van der Waals surface area contributed by atoms with Crippen molar-refractivity contribution in [1.82, 2.24) is 5.32 Å². The Kier molecular flexibility index (Phi) is 7.13. The van der Waals surface area contributed by atoms with E-state index in [0.717, 1.165) is 41.3 Å². The van der Waals surface area contributed by atoms with Crippen LogP contribution < -0.4 is 5.32 Å². The lowest BCUT2D eigenvalue weighted by Gasteiger charge is -2.34. The van der Waals surface area contributed by atoms with E-state index in [-0.39, 0.29) is 5.78 Å². The van der Waals surface area contributed by atoms with E-state index in [9.17, 15) is 9.59 Å². The number of nitrogens with one attached hydrogen (secondary N) is 1. The van der Waals surface area contributed by atoms with Crippen molar-refractivity contribution in [3.05, 3.63) is 56.3 Å². The number of halogens is 2. The molecule has 2 aliphatic rings. The average molecular weight is 440 g/mol. The van der Waals surface area contributed by atoms with Gasteiger partial charge in [0.1, 0.15) is 6.61 Å². The second-order valence-electron chi connectivity index (χ2n) is 6.77. The molecule has 1 aliphatic carbocycles. The number of Topliss-reactive ketones (excluding diaryl/α,β-unsaturated/α-hetero) is 1. The minimum absolute atomic E-state index is 0.0594. The summed E-state index contributed by atoms with van der Waals surface area (Å²) in [6, 6.07) is 5.26. The van der Waals surface area contributed by atoms with Gasteiger partial charge in [-0.05, 0) is 43.2 Å². The molecule has 0 amide bonds. The number of hydrogen-bond acceptors (Lipinski definition) is 5. The van der Waals surface area contributed by atoms with Gasteiger partial charge in [0.25, 0.3) is 0 Å². The zero-order chi connectivity index (χ0) is 20.3. The van der Waals surface area contributed by atoms with Crippen molar-refractivity contribution in [2.75, 3.05) is 18.1 Å². The molecule has 7 heteroatoms. The summed E-state index contributed by atoms with van der Waals surface area (Å²) >= 11 is 14.0. The molecule has 4 nitrogen and oxygen atoms in total. The molecule has 0 saturated heterocycles. The van der Waals surface area contributed by atoms with Crippen LogP contribution in [0.25, 0.3) is 0 Å². The maximum atomic E-state index is 13.0. The smallest absolute Gasteiger partial charge is 0.336 e. The molecule has 0 fully saturated rings. The monoisotopic (exact) mass is 439 g/mol. The minimum Gasteiger partial charge on any atom is -0.461 e. The second-order valence-corrected chi connectivity index (χ2v) is 8.98. The number of esters is 1. The van der Waals surface area contributed by atoms with E-state index < -0.39 is 11.9 Å². The molecule has 1 aliphatic heterocycles.